The van der Waals surface area contributed by atoms with E-state index in [-0.39, 0.29) is 5.57 Å². The minimum Gasteiger partial charge on any atom is -0.545 e. The Morgan fingerprint density at radius 2 is 1.89 bits per heavy atom. The fourth-order valence-corrected chi connectivity index (χ4v) is 2.15. The molecule has 1 aliphatic heterocycles. The van der Waals surface area contributed by atoms with Gasteiger partial charge in [-0.2, -0.15) is 0 Å². The van der Waals surface area contributed by atoms with Crippen molar-refractivity contribution in [3.8, 4) is 11.5 Å². The fourth-order valence-electron chi connectivity index (χ4n) is 2.15. The molecule has 3 rings (SSSR count). The van der Waals surface area contributed by atoms with Gasteiger partial charge in [0.05, 0.1) is 5.97 Å². The lowest BCUT2D eigenvalue weighted by molar-refractivity contribution is -0.295. The Balaban J connectivity index is 2.29. The summed E-state index contributed by atoms with van der Waals surface area (Å²) < 4.78 is 5.82. The molecule has 0 aliphatic carbocycles. The SMILES string of the molecule is Cc1ccc2c(c1)Oc1ccccc1C=C2C(=O)[O-]. The van der Waals surface area contributed by atoms with Crippen molar-refractivity contribution >= 4 is 17.6 Å². The number of ether oxygens (including phenoxy) is 1. The summed E-state index contributed by atoms with van der Waals surface area (Å²) in [5, 5.41) is 11.3. The second-order valence-electron chi connectivity index (χ2n) is 4.48. The zero-order chi connectivity index (χ0) is 13.4. The largest absolute Gasteiger partial charge is 0.545 e. The molecule has 0 atom stereocenters. The zero-order valence-corrected chi connectivity index (χ0v) is 10.3. The van der Waals surface area contributed by atoms with Crippen LogP contribution in [0, 0.1) is 6.92 Å². The van der Waals surface area contributed by atoms with Crippen molar-refractivity contribution in [2.75, 3.05) is 0 Å². The summed E-state index contributed by atoms with van der Waals surface area (Å²) in [6.07, 6.45) is 1.59. The molecule has 1 heterocycles. The van der Waals surface area contributed by atoms with E-state index in [0.717, 1.165) is 11.1 Å². The Morgan fingerprint density at radius 1 is 1.11 bits per heavy atom. The Morgan fingerprint density at radius 3 is 2.68 bits per heavy atom. The molecule has 2 aromatic carbocycles. The Kier molecular flexibility index (Phi) is 2.60. The molecular formula is C16H11O3-. The van der Waals surface area contributed by atoms with Gasteiger partial charge in [0.25, 0.3) is 0 Å². The molecule has 0 N–H and O–H groups in total. The van der Waals surface area contributed by atoms with Gasteiger partial charge in [0.1, 0.15) is 11.5 Å². The summed E-state index contributed by atoms with van der Waals surface area (Å²) in [7, 11) is 0. The van der Waals surface area contributed by atoms with Crippen molar-refractivity contribution in [1.29, 1.82) is 0 Å². The molecule has 0 spiro atoms. The summed E-state index contributed by atoms with van der Waals surface area (Å²) in [5.74, 6) is -0.0172. The van der Waals surface area contributed by atoms with Crippen LogP contribution in [0.4, 0.5) is 0 Å². The van der Waals surface area contributed by atoms with Gasteiger partial charge in [-0.15, -0.1) is 0 Å². The van der Waals surface area contributed by atoms with Crippen LogP contribution in [-0.4, -0.2) is 5.97 Å². The average molecular weight is 251 g/mol. The maximum absolute atomic E-state index is 11.3. The minimum absolute atomic E-state index is 0.139. The number of benzene rings is 2. The molecular weight excluding hydrogens is 240 g/mol. The number of carbonyl (C=O) groups excluding carboxylic acids is 1. The highest BCUT2D eigenvalue weighted by Gasteiger charge is 2.17. The third kappa shape index (κ3) is 1.99. The standard InChI is InChI=1S/C16H12O3/c1-10-6-7-12-13(16(17)18)9-11-4-2-3-5-14(11)19-15(12)8-10/h2-9H,1H3,(H,17,18)/p-1. The smallest absolute Gasteiger partial charge is 0.135 e. The summed E-state index contributed by atoms with van der Waals surface area (Å²) >= 11 is 0. The van der Waals surface area contributed by atoms with Crippen molar-refractivity contribution < 1.29 is 14.6 Å². The van der Waals surface area contributed by atoms with E-state index in [4.69, 9.17) is 4.74 Å². The monoisotopic (exact) mass is 251 g/mol. The number of aryl methyl sites for hydroxylation is 1. The normalized spacial score (nSPS) is 12.6. The predicted molar refractivity (Wildman–Crippen MR) is 70.6 cm³/mol. The number of para-hydroxylation sites is 1. The minimum atomic E-state index is -1.20. The van der Waals surface area contributed by atoms with Gasteiger partial charge in [-0.1, -0.05) is 30.3 Å². The first-order valence-corrected chi connectivity index (χ1v) is 5.96. The van der Waals surface area contributed by atoms with E-state index >= 15 is 0 Å². The van der Waals surface area contributed by atoms with Crippen LogP contribution >= 0.6 is 0 Å². The summed E-state index contributed by atoms with van der Waals surface area (Å²) in [4.78, 5) is 11.3. The molecule has 3 heteroatoms. The van der Waals surface area contributed by atoms with Gasteiger partial charge < -0.3 is 14.6 Å². The second kappa shape index (κ2) is 4.28. The van der Waals surface area contributed by atoms with E-state index in [1.807, 2.05) is 43.3 Å². The predicted octanol–water partition coefficient (Wildman–Crippen LogP) is 2.39. The zero-order valence-electron chi connectivity index (χ0n) is 10.3. The molecule has 0 aromatic heterocycles. The Bertz CT molecular complexity index is 699. The van der Waals surface area contributed by atoms with E-state index in [1.54, 1.807) is 12.1 Å². The molecule has 1 aliphatic rings. The first-order chi connectivity index (χ1) is 9.15. The van der Waals surface area contributed by atoms with Crippen molar-refractivity contribution in [2.45, 2.75) is 6.92 Å². The lowest BCUT2D eigenvalue weighted by Gasteiger charge is -2.12. The highest BCUT2D eigenvalue weighted by molar-refractivity contribution is 6.21. The quantitative estimate of drug-likeness (QED) is 0.782. The first-order valence-electron chi connectivity index (χ1n) is 5.96. The van der Waals surface area contributed by atoms with Crippen LogP contribution in [0.2, 0.25) is 0 Å². The maximum Gasteiger partial charge on any atom is 0.135 e. The van der Waals surface area contributed by atoms with Gasteiger partial charge in [0, 0.05) is 16.7 Å². The third-order valence-corrected chi connectivity index (χ3v) is 3.09. The topological polar surface area (TPSA) is 49.4 Å². The van der Waals surface area contributed by atoms with Crippen molar-refractivity contribution in [1.82, 2.24) is 0 Å². The molecule has 3 nitrogen and oxygen atoms in total. The van der Waals surface area contributed by atoms with Crippen LogP contribution in [0.25, 0.3) is 11.6 Å². The van der Waals surface area contributed by atoms with Crippen molar-refractivity contribution in [3.63, 3.8) is 0 Å². The van der Waals surface area contributed by atoms with Gasteiger partial charge in [-0.3, -0.25) is 0 Å². The van der Waals surface area contributed by atoms with E-state index in [2.05, 4.69) is 0 Å². The van der Waals surface area contributed by atoms with Crippen LogP contribution < -0.4 is 9.84 Å². The molecule has 19 heavy (non-hydrogen) atoms. The molecule has 0 radical (unpaired) electrons. The van der Waals surface area contributed by atoms with Gasteiger partial charge >= 0.3 is 0 Å². The van der Waals surface area contributed by atoms with Gasteiger partial charge in [0.2, 0.25) is 0 Å². The summed E-state index contributed by atoms with van der Waals surface area (Å²) in [6.45, 7) is 1.93. The number of aliphatic carboxylic acids is 1. The van der Waals surface area contributed by atoms with E-state index in [0.29, 0.717) is 17.1 Å². The van der Waals surface area contributed by atoms with E-state index in [1.165, 1.54) is 0 Å². The highest BCUT2D eigenvalue weighted by atomic mass is 16.5. The first kappa shape index (κ1) is 11.5. The second-order valence-corrected chi connectivity index (χ2v) is 4.48. The van der Waals surface area contributed by atoms with Crippen LogP contribution in [-0.2, 0) is 4.79 Å². The van der Waals surface area contributed by atoms with Crippen LogP contribution in [0.3, 0.4) is 0 Å². The molecule has 0 unspecified atom stereocenters. The Hall–Kier alpha value is -2.55. The number of hydrogen-bond donors (Lipinski definition) is 0. The molecule has 0 bridgehead atoms. The maximum atomic E-state index is 11.3. The van der Waals surface area contributed by atoms with Crippen LogP contribution in [0.1, 0.15) is 16.7 Å². The van der Waals surface area contributed by atoms with E-state index < -0.39 is 5.97 Å². The molecule has 0 saturated heterocycles. The van der Waals surface area contributed by atoms with Gasteiger partial charge in [0.15, 0.2) is 0 Å². The lowest BCUT2D eigenvalue weighted by atomic mass is 10.0. The van der Waals surface area contributed by atoms with E-state index in [9.17, 15) is 9.90 Å². The summed E-state index contributed by atoms with van der Waals surface area (Å²) in [5.41, 5.74) is 2.42. The summed E-state index contributed by atoms with van der Waals surface area (Å²) in [6, 6.07) is 12.8. The molecule has 0 saturated carbocycles. The van der Waals surface area contributed by atoms with Crippen molar-refractivity contribution in [2.24, 2.45) is 0 Å². The molecule has 0 fully saturated rings. The number of hydrogen-bond acceptors (Lipinski definition) is 3. The van der Waals surface area contributed by atoms with Crippen LogP contribution in [0.5, 0.6) is 11.5 Å². The number of rotatable bonds is 1. The van der Waals surface area contributed by atoms with Gasteiger partial charge in [-0.05, 0) is 30.7 Å². The number of carboxylic acid groups (broad SMARTS) is 1. The average Bonchev–Trinajstić information content (AvgIpc) is 2.54. The molecule has 94 valence electrons. The number of fused-ring (bicyclic) bond motifs is 2. The number of carbonyl (C=O) groups is 1. The third-order valence-electron chi connectivity index (χ3n) is 3.09. The molecule has 0 amide bonds. The highest BCUT2D eigenvalue weighted by Crippen LogP contribution is 2.38. The lowest BCUT2D eigenvalue weighted by Crippen LogP contribution is -2.23. The van der Waals surface area contributed by atoms with Crippen molar-refractivity contribution in [3.05, 3.63) is 59.2 Å². The fraction of sp³-hybridized carbons (Fsp3) is 0.0625. The number of carboxylic acids is 1. The molecule has 2 aromatic rings. The van der Waals surface area contributed by atoms with Gasteiger partial charge in [-0.25, -0.2) is 0 Å². The van der Waals surface area contributed by atoms with Crippen LogP contribution in [0.15, 0.2) is 42.5 Å². The Labute approximate surface area is 110 Å².